The average molecular weight is 256 g/mol. The first-order chi connectivity index (χ1) is 8.20. The molecule has 0 atom stereocenters. The van der Waals surface area contributed by atoms with Gasteiger partial charge in [-0.15, -0.1) is 11.3 Å². The van der Waals surface area contributed by atoms with Gasteiger partial charge in [0.25, 0.3) is 0 Å². The highest BCUT2D eigenvalue weighted by Gasteiger charge is 2.15. The zero-order valence-corrected chi connectivity index (χ0v) is 12.3. The molecule has 0 radical (unpaired) electrons. The molecule has 0 fully saturated rings. The van der Waals surface area contributed by atoms with Crippen LogP contribution in [0.1, 0.15) is 49.3 Å². The van der Waals surface area contributed by atoms with Crippen molar-refractivity contribution in [3.8, 4) is 11.5 Å². The van der Waals surface area contributed by atoms with Gasteiger partial charge in [-0.3, -0.25) is 0 Å². The molecule has 0 spiro atoms. The maximum atomic E-state index is 5.85. The van der Waals surface area contributed by atoms with Crippen LogP contribution in [0.3, 0.4) is 0 Å². The molecule has 17 heavy (non-hydrogen) atoms. The van der Waals surface area contributed by atoms with Crippen molar-refractivity contribution in [3.63, 3.8) is 0 Å². The number of hydrogen-bond donors (Lipinski definition) is 0. The number of unbranched alkanes of at least 4 members (excludes halogenated alkanes) is 2. The fourth-order valence-electron chi connectivity index (χ4n) is 1.61. The molecule has 3 heteroatoms. The second kappa shape index (κ2) is 7.59. The third-order valence-corrected chi connectivity index (χ3v) is 3.62. The lowest BCUT2D eigenvalue weighted by molar-refractivity contribution is 0.262. The first kappa shape index (κ1) is 14.4. The summed E-state index contributed by atoms with van der Waals surface area (Å²) in [5, 5.41) is 0. The molecule has 1 heterocycles. The minimum Gasteiger partial charge on any atom is -0.489 e. The van der Waals surface area contributed by atoms with Crippen LogP contribution in [0.15, 0.2) is 0 Å². The summed E-state index contributed by atoms with van der Waals surface area (Å²) in [6.07, 6.45) is 4.52. The SMILES string of the molecule is CCCCOc1c(C)sc(C)c1OCCCC. The smallest absolute Gasteiger partial charge is 0.175 e. The molecule has 0 saturated heterocycles. The van der Waals surface area contributed by atoms with Gasteiger partial charge < -0.3 is 9.47 Å². The lowest BCUT2D eigenvalue weighted by Gasteiger charge is -2.10. The summed E-state index contributed by atoms with van der Waals surface area (Å²) in [6.45, 7) is 10.1. The molecule has 0 N–H and O–H groups in total. The second-order valence-corrected chi connectivity index (χ2v) is 5.71. The van der Waals surface area contributed by atoms with Gasteiger partial charge in [0.1, 0.15) is 0 Å². The molecular weight excluding hydrogens is 232 g/mol. The quantitative estimate of drug-likeness (QED) is 0.626. The zero-order valence-electron chi connectivity index (χ0n) is 11.5. The van der Waals surface area contributed by atoms with E-state index >= 15 is 0 Å². The Morgan fingerprint density at radius 2 is 1.24 bits per heavy atom. The van der Waals surface area contributed by atoms with Crippen LogP contribution in [0.5, 0.6) is 11.5 Å². The number of rotatable bonds is 8. The Morgan fingerprint density at radius 1 is 0.824 bits per heavy atom. The van der Waals surface area contributed by atoms with E-state index < -0.39 is 0 Å². The Balaban J connectivity index is 2.65. The van der Waals surface area contributed by atoms with Gasteiger partial charge in [-0.2, -0.15) is 0 Å². The third-order valence-electron chi connectivity index (χ3n) is 2.64. The molecule has 1 rings (SSSR count). The van der Waals surface area contributed by atoms with Gasteiger partial charge >= 0.3 is 0 Å². The van der Waals surface area contributed by atoms with Crippen molar-refractivity contribution in [2.45, 2.75) is 53.4 Å². The van der Waals surface area contributed by atoms with E-state index in [0.29, 0.717) is 0 Å². The topological polar surface area (TPSA) is 18.5 Å². The van der Waals surface area contributed by atoms with E-state index in [1.54, 1.807) is 11.3 Å². The predicted octanol–water partition coefficient (Wildman–Crippen LogP) is 4.72. The third kappa shape index (κ3) is 4.23. The van der Waals surface area contributed by atoms with Gasteiger partial charge in [0.15, 0.2) is 11.5 Å². The average Bonchev–Trinajstić information content (AvgIpc) is 2.56. The van der Waals surface area contributed by atoms with Crippen LogP contribution in [0.25, 0.3) is 0 Å². The zero-order chi connectivity index (χ0) is 12.7. The summed E-state index contributed by atoms with van der Waals surface area (Å²) in [5.41, 5.74) is 0. The molecule has 0 aliphatic heterocycles. The first-order valence-electron chi connectivity index (χ1n) is 6.56. The molecule has 0 amide bonds. The maximum absolute atomic E-state index is 5.85. The van der Waals surface area contributed by atoms with E-state index in [0.717, 1.165) is 50.4 Å². The molecular formula is C14H24O2S. The Labute approximate surface area is 109 Å². The maximum Gasteiger partial charge on any atom is 0.175 e. The number of hydrogen-bond acceptors (Lipinski definition) is 3. The Hall–Kier alpha value is -0.700. The largest absolute Gasteiger partial charge is 0.489 e. The highest BCUT2D eigenvalue weighted by molar-refractivity contribution is 7.12. The monoisotopic (exact) mass is 256 g/mol. The van der Waals surface area contributed by atoms with E-state index in [9.17, 15) is 0 Å². The Bertz CT molecular complexity index is 301. The number of aryl methyl sites for hydroxylation is 2. The molecule has 0 aliphatic rings. The lowest BCUT2D eigenvalue weighted by atomic mass is 10.3. The van der Waals surface area contributed by atoms with Crippen LogP contribution in [0.2, 0.25) is 0 Å². The summed E-state index contributed by atoms with van der Waals surface area (Å²) in [4.78, 5) is 2.45. The highest BCUT2D eigenvalue weighted by atomic mass is 32.1. The van der Waals surface area contributed by atoms with Gasteiger partial charge in [0.05, 0.1) is 13.2 Å². The van der Waals surface area contributed by atoms with Gasteiger partial charge in [-0.05, 0) is 26.7 Å². The molecule has 1 aromatic rings. The van der Waals surface area contributed by atoms with E-state index in [-0.39, 0.29) is 0 Å². The summed E-state index contributed by atoms with van der Waals surface area (Å²) in [7, 11) is 0. The highest BCUT2D eigenvalue weighted by Crippen LogP contribution is 2.41. The lowest BCUT2D eigenvalue weighted by Crippen LogP contribution is -2.01. The summed E-state index contributed by atoms with van der Waals surface area (Å²) < 4.78 is 11.7. The summed E-state index contributed by atoms with van der Waals surface area (Å²) in [6, 6.07) is 0. The van der Waals surface area contributed by atoms with Crippen molar-refractivity contribution in [3.05, 3.63) is 9.75 Å². The van der Waals surface area contributed by atoms with Crippen LogP contribution in [-0.4, -0.2) is 13.2 Å². The molecule has 0 unspecified atom stereocenters. The van der Waals surface area contributed by atoms with Crippen molar-refractivity contribution in [1.29, 1.82) is 0 Å². The van der Waals surface area contributed by atoms with E-state index in [1.165, 1.54) is 9.75 Å². The van der Waals surface area contributed by atoms with Crippen molar-refractivity contribution in [1.82, 2.24) is 0 Å². The summed E-state index contributed by atoms with van der Waals surface area (Å²) >= 11 is 1.76. The Kier molecular flexibility index (Phi) is 6.41. The normalized spacial score (nSPS) is 10.6. The van der Waals surface area contributed by atoms with Crippen LogP contribution in [0.4, 0.5) is 0 Å². The second-order valence-electron chi connectivity index (χ2n) is 4.28. The molecule has 2 nitrogen and oxygen atoms in total. The van der Waals surface area contributed by atoms with Gasteiger partial charge in [-0.25, -0.2) is 0 Å². The minimum absolute atomic E-state index is 0.789. The van der Waals surface area contributed by atoms with Crippen LogP contribution in [-0.2, 0) is 0 Å². The molecule has 1 aromatic heterocycles. The minimum atomic E-state index is 0.789. The molecule has 0 saturated carbocycles. The Morgan fingerprint density at radius 3 is 1.59 bits per heavy atom. The fourth-order valence-corrected chi connectivity index (χ4v) is 2.56. The van der Waals surface area contributed by atoms with Gasteiger partial charge in [0.2, 0.25) is 0 Å². The van der Waals surface area contributed by atoms with Crippen LogP contribution in [0, 0.1) is 13.8 Å². The van der Waals surface area contributed by atoms with Gasteiger partial charge in [-0.1, -0.05) is 26.7 Å². The number of thiophene rings is 1. The molecule has 0 bridgehead atoms. The first-order valence-corrected chi connectivity index (χ1v) is 7.37. The summed E-state index contributed by atoms with van der Waals surface area (Å²) in [5.74, 6) is 1.94. The number of ether oxygens (including phenoxy) is 2. The fraction of sp³-hybridized carbons (Fsp3) is 0.714. The molecule has 0 aromatic carbocycles. The van der Waals surface area contributed by atoms with Crippen molar-refractivity contribution >= 4 is 11.3 Å². The molecule has 0 aliphatic carbocycles. The van der Waals surface area contributed by atoms with Crippen molar-refractivity contribution in [2.75, 3.05) is 13.2 Å². The predicted molar refractivity (Wildman–Crippen MR) is 74.6 cm³/mol. The van der Waals surface area contributed by atoms with E-state index in [1.807, 2.05) is 0 Å². The van der Waals surface area contributed by atoms with Crippen molar-refractivity contribution < 1.29 is 9.47 Å². The van der Waals surface area contributed by atoms with Crippen molar-refractivity contribution in [2.24, 2.45) is 0 Å². The molecule has 98 valence electrons. The van der Waals surface area contributed by atoms with E-state index in [4.69, 9.17) is 9.47 Å². The van der Waals surface area contributed by atoms with Crippen LogP contribution >= 0.6 is 11.3 Å². The standard InChI is InChI=1S/C14H24O2S/c1-5-7-9-15-13-11(3)17-12(4)14(13)16-10-8-6-2/h5-10H2,1-4H3. The van der Waals surface area contributed by atoms with E-state index in [2.05, 4.69) is 27.7 Å². The van der Waals surface area contributed by atoms with Crippen LogP contribution < -0.4 is 9.47 Å². The van der Waals surface area contributed by atoms with Gasteiger partial charge in [0, 0.05) is 9.75 Å².